The second-order valence-electron chi connectivity index (χ2n) is 3.86. The van der Waals surface area contributed by atoms with Crippen LogP contribution in [0.25, 0.3) is 17.0 Å². The van der Waals surface area contributed by atoms with Crippen molar-refractivity contribution in [3.63, 3.8) is 0 Å². The Morgan fingerprint density at radius 3 is 3.11 bits per heavy atom. The molecule has 0 fully saturated rings. The van der Waals surface area contributed by atoms with Crippen molar-refractivity contribution in [2.75, 3.05) is 13.6 Å². The van der Waals surface area contributed by atoms with Gasteiger partial charge in [0.25, 0.3) is 5.69 Å². The highest BCUT2D eigenvalue weighted by Crippen LogP contribution is 2.25. The van der Waals surface area contributed by atoms with Crippen molar-refractivity contribution in [3.8, 4) is 0 Å². The van der Waals surface area contributed by atoms with Crippen LogP contribution < -0.4 is 5.32 Å². The molecule has 0 spiro atoms. The van der Waals surface area contributed by atoms with Crippen LogP contribution >= 0.6 is 0 Å². The molecule has 6 nitrogen and oxygen atoms in total. The van der Waals surface area contributed by atoms with Gasteiger partial charge in [0.15, 0.2) is 5.52 Å². The Labute approximate surface area is 104 Å². The first-order valence-electron chi connectivity index (χ1n) is 5.66. The first-order chi connectivity index (χ1) is 8.74. The molecule has 0 aliphatic heterocycles. The Hall–Kier alpha value is -2.21. The molecule has 0 unspecified atom stereocenters. The number of para-hydroxylation sites is 1. The zero-order valence-corrected chi connectivity index (χ0v) is 10.0. The number of rotatable bonds is 5. The van der Waals surface area contributed by atoms with Gasteiger partial charge in [-0.15, -0.1) is 0 Å². The Kier molecular flexibility index (Phi) is 3.69. The predicted octanol–water partition coefficient (Wildman–Crippen LogP) is 2.09. The van der Waals surface area contributed by atoms with Gasteiger partial charge in [-0.25, -0.2) is 0 Å². The van der Waals surface area contributed by atoms with Crippen molar-refractivity contribution in [2.24, 2.45) is 0 Å². The number of nitrogens with one attached hydrogen (secondary N) is 2. The van der Waals surface area contributed by atoms with Crippen LogP contribution in [0.2, 0.25) is 0 Å². The van der Waals surface area contributed by atoms with E-state index in [1.54, 1.807) is 6.07 Å². The molecule has 1 heterocycles. The molecule has 2 N–H and O–H groups in total. The lowest BCUT2D eigenvalue weighted by atomic mass is 10.1. The predicted molar refractivity (Wildman–Crippen MR) is 70.3 cm³/mol. The maximum atomic E-state index is 10.8. The number of nitro benzene ring substituents is 1. The number of hydrogen-bond acceptors (Lipinski definition) is 4. The minimum Gasteiger partial charge on any atom is -0.319 e. The minimum atomic E-state index is -0.419. The van der Waals surface area contributed by atoms with Crippen LogP contribution in [0.15, 0.2) is 24.3 Å². The number of aromatic amines is 1. The van der Waals surface area contributed by atoms with E-state index in [-0.39, 0.29) is 5.69 Å². The molecule has 0 atom stereocenters. The normalized spacial score (nSPS) is 11.4. The van der Waals surface area contributed by atoms with Crippen LogP contribution in [0, 0.1) is 10.1 Å². The molecule has 0 amide bonds. The van der Waals surface area contributed by atoms with Gasteiger partial charge < -0.3 is 5.32 Å². The second kappa shape index (κ2) is 5.42. The number of benzene rings is 1. The monoisotopic (exact) mass is 246 g/mol. The first kappa shape index (κ1) is 12.3. The van der Waals surface area contributed by atoms with Crippen LogP contribution in [0.4, 0.5) is 5.69 Å². The van der Waals surface area contributed by atoms with Gasteiger partial charge in [-0.05, 0) is 26.1 Å². The highest BCUT2D eigenvalue weighted by Gasteiger charge is 2.15. The summed E-state index contributed by atoms with van der Waals surface area (Å²) >= 11 is 0. The summed E-state index contributed by atoms with van der Waals surface area (Å²) in [5.74, 6) is 0. The number of aromatic nitrogens is 2. The largest absolute Gasteiger partial charge is 0.319 e. The molecule has 0 saturated carbocycles. The van der Waals surface area contributed by atoms with E-state index in [1.165, 1.54) is 6.07 Å². The number of H-pyrrole nitrogens is 1. The van der Waals surface area contributed by atoms with Crippen molar-refractivity contribution in [3.05, 3.63) is 40.1 Å². The lowest BCUT2D eigenvalue weighted by Crippen LogP contribution is -2.05. The zero-order chi connectivity index (χ0) is 13.0. The van der Waals surface area contributed by atoms with Crippen molar-refractivity contribution < 1.29 is 4.92 Å². The van der Waals surface area contributed by atoms with Crippen molar-refractivity contribution >= 4 is 22.7 Å². The van der Waals surface area contributed by atoms with Gasteiger partial charge in [0.05, 0.1) is 10.6 Å². The third-order valence-corrected chi connectivity index (χ3v) is 2.64. The minimum absolute atomic E-state index is 0.0265. The lowest BCUT2D eigenvalue weighted by molar-refractivity contribution is -0.383. The molecule has 18 heavy (non-hydrogen) atoms. The van der Waals surface area contributed by atoms with Gasteiger partial charge in [0.2, 0.25) is 0 Å². The van der Waals surface area contributed by atoms with Gasteiger partial charge in [-0.1, -0.05) is 18.2 Å². The van der Waals surface area contributed by atoms with Crippen LogP contribution in [-0.4, -0.2) is 28.7 Å². The van der Waals surface area contributed by atoms with Crippen LogP contribution in [0.1, 0.15) is 12.1 Å². The van der Waals surface area contributed by atoms with E-state index >= 15 is 0 Å². The van der Waals surface area contributed by atoms with Gasteiger partial charge in [0, 0.05) is 11.5 Å². The first-order valence-corrected chi connectivity index (χ1v) is 5.66. The Morgan fingerprint density at radius 2 is 2.39 bits per heavy atom. The molecule has 1 aromatic heterocycles. The molecule has 2 aromatic rings. The van der Waals surface area contributed by atoms with Crippen LogP contribution in [0.5, 0.6) is 0 Å². The standard InChI is InChI=1S/C12H14N4O2/c1-13-8-3-2-6-10-9-5-4-7-11(16(17)18)12(9)15-14-10/h2,4-7,13H,3,8H2,1H3,(H,14,15). The molecule has 94 valence electrons. The van der Waals surface area contributed by atoms with Gasteiger partial charge >= 0.3 is 0 Å². The Bertz CT molecular complexity index is 589. The summed E-state index contributed by atoms with van der Waals surface area (Å²) in [7, 11) is 1.89. The Morgan fingerprint density at radius 1 is 1.56 bits per heavy atom. The van der Waals surface area contributed by atoms with E-state index in [9.17, 15) is 10.1 Å². The lowest BCUT2D eigenvalue weighted by Gasteiger charge is -1.93. The maximum Gasteiger partial charge on any atom is 0.297 e. The highest BCUT2D eigenvalue weighted by molar-refractivity contribution is 5.92. The molecule has 0 radical (unpaired) electrons. The number of fused-ring (bicyclic) bond motifs is 1. The molecule has 1 aromatic carbocycles. The zero-order valence-electron chi connectivity index (χ0n) is 10.0. The van der Waals surface area contributed by atoms with E-state index in [2.05, 4.69) is 15.5 Å². The maximum absolute atomic E-state index is 10.8. The van der Waals surface area contributed by atoms with Crippen molar-refractivity contribution in [2.45, 2.75) is 6.42 Å². The topological polar surface area (TPSA) is 83.8 Å². The fourth-order valence-electron chi connectivity index (χ4n) is 1.75. The number of hydrogen-bond donors (Lipinski definition) is 2. The number of non-ortho nitro benzene ring substituents is 1. The summed E-state index contributed by atoms with van der Waals surface area (Å²) in [6.07, 6.45) is 4.80. The fraction of sp³-hybridized carbons (Fsp3) is 0.250. The van der Waals surface area contributed by atoms with E-state index in [0.717, 1.165) is 24.0 Å². The van der Waals surface area contributed by atoms with E-state index in [4.69, 9.17) is 0 Å². The van der Waals surface area contributed by atoms with Crippen molar-refractivity contribution in [1.29, 1.82) is 0 Å². The second-order valence-corrected chi connectivity index (χ2v) is 3.86. The quantitative estimate of drug-likeness (QED) is 0.480. The van der Waals surface area contributed by atoms with Crippen LogP contribution in [0.3, 0.4) is 0 Å². The summed E-state index contributed by atoms with van der Waals surface area (Å²) in [5, 5.41) is 21.5. The molecule has 6 heteroatoms. The van der Waals surface area contributed by atoms with E-state index in [0.29, 0.717) is 5.52 Å². The summed E-state index contributed by atoms with van der Waals surface area (Å²) < 4.78 is 0. The average Bonchev–Trinajstić information content (AvgIpc) is 2.77. The molecular formula is C12H14N4O2. The van der Waals surface area contributed by atoms with Crippen molar-refractivity contribution in [1.82, 2.24) is 15.5 Å². The molecule has 0 saturated heterocycles. The Balaban J connectivity index is 2.34. The number of nitro groups is 1. The van der Waals surface area contributed by atoms with E-state index < -0.39 is 4.92 Å². The highest BCUT2D eigenvalue weighted by atomic mass is 16.6. The molecule has 2 rings (SSSR count). The third kappa shape index (κ3) is 2.38. The van der Waals surface area contributed by atoms with Gasteiger partial charge in [-0.2, -0.15) is 5.10 Å². The fourth-order valence-corrected chi connectivity index (χ4v) is 1.75. The summed E-state index contributed by atoms with van der Waals surface area (Å²) in [4.78, 5) is 10.4. The molecular weight excluding hydrogens is 232 g/mol. The summed E-state index contributed by atoms with van der Waals surface area (Å²) in [5.41, 5.74) is 1.22. The summed E-state index contributed by atoms with van der Waals surface area (Å²) in [6.45, 7) is 0.892. The van der Waals surface area contributed by atoms with Crippen LogP contribution in [-0.2, 0) is 0 Å². The smallest absolute Gasteiger partial charge is 0.297 e. The average molecular weight is 246 g/mol. The summed E-state index contributed by atoms with van der Waals surface area (Å²) in [6, 6.07) is 4.95. The van der Waals surface area contributed by atoms with Gasteiger partial charge in [0.1, 0.15) is 0 Å². The molecule has 0 bridgehead atoms. The third-order valence-electron chi connectivity index (χ3n) is 2.64. The number of nitrogens with zero attached hydrogens (tertiary/aromatic N) is 2. The van der Waals surface area contributed by atoms with E-state index in [1.807, 2.05) is 25.3 Å². The molecule has 0 aliphatic carbocycles. The molecule has 0 aliphatic rings. The SMILES string of the molecule is CNCCC=Cc1[nH]nc2c([N+](=O)[O-])cccc12. The van der Waals surface area contributed by atoms with Gasteiger partial charge in [-0.3, -0.25) is 15.2 Å².